The Hall–Kier alpha value is -0.280. The average Bonchev–Trinajstić information content (AvgIpc) is 2.40. The molecule has 1 heterocycles. The Balaban J connectivity index is 1.97. The molecule has 3 rings (SSSR count). The Morgan fingerprint density at radius 3 is 2.89 bits per heavy atom. The molecule has 0 spiro atoms. The summed E-state index contributed by atoms with van der Waals surface area (Å²) in [5.74, 6) is 0.242. The van der Waals surface area contributed by atoms with Gasteiger partial charge < -0.3 is 10.4 Å². The van der Waals surface area contributed by atoms with Crippen molar-refractivity contribution in [1.29, 1.82) is 0 Å². The predicted octanol–water partition coefficient (Wildman–Crippen LogP) is 3.95. The van der Waals surface area contributed by atoms with Crippen LogP contribution in [-0.2, 0) is 0 Å². The summed E-state index contributed by atoms with van der Waals surface area (Å²) in [6, 6.07) is 5.88. The standard InChI is InChI=1S/C15H19Cl2NO/c16-12-6-3-4-10(13(12)17)14-11-5-1-2-7-15(11,19)8-9-18-14/h3-4,6,11,14,18-19H,1-2,5,7-9H2/t11-,14-,15+/m1/s1. The molecule has 1 saturated carbocycles. The van der Waals surface area contributed by atoms with E-state index >= 15 is 0 Å². The van der Waals surface area contributed by atoms with E-state index in [-0.39, 0.29) is 12.0 Å². The first-order valence-corrected chi connectivity index (χ1v) is 7.77. The third-order valence-corrected chi connectivity index (χ3v) is 5.54. The zero-order valence-corrected chi connectivity index (χ0v) is 12.3. The van der Waals surface area contributed by atoms with Gasteiger partial charge in [0.25, 0.3) is 0 Å². The Morgan fingerprint density at radius 1 is 1.21 bits per heavy atom. The van der Waals surface area contributed by atoms with E-state index in [2.05, 4.69) is 5.32 Å². The van der Waals surface area contributed by atoms with Crippen LogP contribution in [0.2, 0.25) is 10.0 Å². The molecule has 2 aliphatic rings. The fourth-order valence-corrected chi connectivity index (χ4v) is 4.14. The van der Waals surface area contributed by atoms with Crippen molar-refractivity contribution in [1.82, 2.24) is 5.32 Å². The summed E-state index contributed by atoms with van der Waals surface area (Å²) in [6.45, 7) is 0.834. The summed E-state index contributed by atoms with van der Waals surface area (Å²) in [7, 11) is 0. The molecular formula is C15H19Cl2NO. The smallest absolute Gasteiger partial charge is 0.0706 e. The van der Waals surface area contributed by atoms with Gasteiger partial charge in [-0.05, 0) is 37.4 Å². The molecule has 0 bridgehead atoms. The van der Waals surface area contributed by atoms with Gasteiger partial charge in [-0.1, -0.05) is 48.2 Å². The van der Waals surface area contributed by atoms with Crippen LogP contribution in [0.3, 0.4) is 0 Å². The Morgan fingerprint density at radius 2 is 2.05 bits per heavy atom. The quantitative estimate of drug-likeness (QED) is 0.823. The van der Waals surface area contributed by atoms with Gasteiger partial charge in [0, 0.05) is 12.0 Å². The minimum atomic E-state index is -0.528. The largest absolute Gasteiger partial charge is 0.389 e. The van der Waals surface area contributed by atoms with Crippen LogP contribution >= 0.6 is 23.2 Å². The van der Waals surface area contributed by atoms with Crippen molar-refractivity contribution in [3.8, 4) is 0 Å². The number of fused-ring (bicyclic) bond motifs is 1. The molecular weight excluding hydrogens is 281 g/mol. The highest BCUT2D eigenvalue weighted by Gasteiger charge is 2.46. The third-order valence-electron chi connectivity index (χ3n) is 4.71. The lowest BCUT2D eigenvalue weighted by molar-refractivity contribution is -0.0861. The van der Waals surface area contributed by atoms with Gasteiger partial charge >= 0.3 is 0 Å². The molecule has 1 aromatic rings. The van der Waals surface area contributed by atoms with Crippen LogP contribution in [0.1, 0.15) is 43.7 Å². The summed E-state index contributed by atoms with van der Waals surface area (Å²) in [4.78, 5) is 0. The molecule has 0 aromatic heterocycles. The highest BCUT2D eigenvalue weighted by atomic mass is 35.5. The minimum Gasteiger partial charge on any atom is -0.389 e. The van der Waals surface area contributed by atoms with Crippen LogP contribution in [-0.4, -0.2) is 17.3 Å². The first-order chi connectivity index (χ1) is 9.12. The van der Waals surface area contributed by atoms with E-state index < -0.39 is 5.60 Å². The number of hydrogen-bond donors (Lipinski definition) is 2. The second-order valence-corrected chi connectivity index (χ2v) is 6.57. The Bertz CT molecular complexity index is 475. The fraction of sp³-hybridized carbons (Fsp3) is 0.600. The van der Waals surface area contributed by atoms with E-state index in [1.54, 1.807) is 0 Å². The van der Waals surface area contributed by atoms with Gasteiger partial charge in [-0.25, -0.2) is 0 Å². The van der Waals surface area contributed by atoms with Crippen LogP contribution in [0.4, 0.5) is 0 Å². The van der Waals surface area contributed by atoms with Gasteiger partial charge in [0.15, 0.2) is 0 Å². The van der Waals surface area contributed by atoms with Gasteiger partial charge in [-0.3, -0.25) is 0 Å². The summed E-state index contributed by atoms with van der Waals surface area (Å²) in [5, 5.41) is 15.6. The van der Waals surface area contributed by atoms with Crippen molar-refractivity contribution in [2.45, 2.75) is 43.7 Å². The lowest BCUT2D eigenvalue weighted by Gasteiger charge is -2.48. The Labute approximate surface area is 124 Å². The van der Waals surface area contributed by atoms with Crippen LogP contribution < -0.4 is 5.32 Å². The lowest BCUT2D eigenvalue weighted by Crippen LogP contribution is -2.53. The van der Waals surface area contributed by atoms with Crippen LogP contribution in [0.15, 0.2) is 18.2 Å². The normalized spacial score (nSPS) is 34.9. The second-order valence-electron chi connectivity index (χ2n) is 5.78. The first kappa shape index (κ1) is 13.7. The van der Waals surface area contributed by atoms with Crippen molar-refractivity contribution in [3.63, 3.8) is 0 Å². The molecule has 1 aromatic carbocycles. The van der Waals surface area contributed by atoms with Crippen molar-refractivity contribution in [2.75, 3.05) is 6.54 Å². The zero-order valence-electron chi connectivity index (χ0n) is 10.8. The number of hydrogen-bond acceptors (Lipinski definition) is 2. The van der Waals surface area contributed by atoms with Gasteiger partial charge in [0.2, 0.25) is 0 Å². The predicted molar refractivity (Wildman–Crippen MR) is 78.7 cm³/mol. The van der Waals surface area contributed by atoms with Gasteiger partial charge in [-0.15, -0.1) is 0 Å². The maximum absolute atomic E-state index is 10.9. The van der Waals surface area contributed by atoms with Crippen molar-refractivity contribution in [3.05, 3.63) is 33.8 Å². The van der Waals surface area contributed by atoms with Crippen LogP contribution in [0.5, 0.6) is 0 Å². The Kier molecular flexibility index (Phi) is 3.78. The zero-order chi connectivity index (χ0) is 13.5. The average molecular weight is 300 g/mol. The molecule has 3 atom stereocenters. The van der Waals surface area contributed by atoms with E-state index in [9.17, 15) is 5.11 Å². The monoisotopic (exact) mass is 299 g/mol. The molecule has 1 saturated heterocycles. The third kappa shape index (κ3) is 2.40. The number of piperidine rings is 1. The summed E-state index contributed by atoms with van der Waals surface area (Å²) >= 11 is 12.5. The minimum absolute atomic E-state index is 0.116. The van der Waals surface area contributed by atoms with Crippen LogP contribution in [0, 0.1) is 5.92 Å². The molecule has 0 amide bonds. The fourth-order valence-electron chi connectivity index (χ4n) is 3.71. The lowest BCUT2D eigenvalue weighted by atomic mass is 9.67. The molecule has 104 valence electrons. The number of halogens is 2. The van der Waals surface area contributed by atoms with Gasteiger partial charge in [0.05, 0.1) is 15.6 Å². The number of aliphatic hydroxyl groups is 1. The van der Waals surface area contributed by atoms with E-state index in [1.807, 2.05) is 18.2 Å². The van der Waals surface area contributed by atoms with E-state index in [1.165, 1.54) is 6.42 Å². The highest BCUT2D eigenvalue weighted by molar-refractivity contribution is 6.42. The molecule has 4 heteroatoms. The van der Waals surface area contributed by atoms with Crippen LogP contribution in [0.25, 0.3) is 0 Å². The first-order valence-electron chi connectivity index (χ1n) is 7.01. The van der Waals surface area contributed by atoms with Gasteiger partial charge in [0.1, 0.15) is 0 Å². The molecule has 0 radical (unpaired) electrons. The van der Waals surface area contributed by atoms with E-state index in [0.717, 1.165) is 37.8 Å². The second kappa shape index (κ2) is 5.25. The van der Waals surface area contributed by atoms with Crippen molar-refractivity contribution in [2.24, 2.45) is 5.92 Å². The van der Waals surface area contributed by atoms with Crippen molar-refractivity contribution < 1.29 is 5.11 Å². The maximum atomic E-state index is 10.9. The highest BCUT2D eigenvalue weighted by Crippen LogP contribution is 2.47. The van der Waals surface area contributed by atoms with E-state index in [0.29, 0.717) is 10.0 Å². The SMILES string of the molecule is O[C@]12CCCC[C@@H]1[C@@H](c1cccc(Cl)c1Cl)NCC2. The van der Waals surface area contributed by atoms with E-state index in [4.69, 9.17) is 23.2 Å². The molecule has 2 nitrogen and oxygen atoms in total. The summed E-state index contributed by atoms with van der Waals surface area (Å²) in [5.41, 5.74) is 0.499. The maximum Gasteiger partial charge on any atom is 0.0706 e. The number of rotatable bonds is 1. The summed E-state index contributed by atoms with van der Waals surface area (Å²) < 4.78 is 0. The molecule has 1 aliphatic heterocycles. The topological polar surface area (TPSA) is 32.3 Å². The molecule has 19 heavy (non-hydrogen) atoms. The molecule has 2 fully saturated rings. The molecule has 0 unspecified atom stereocenters. The number of nitrogens with one attached hydrogen (secondary N) is 1. The molecule has 2 N–H and O–H groups in total. The number of benzene rings is 1. The summed E-state index contributed by atoms with van der Waals surface area (Å²) in [6.07, 6.45) is 5.11. The van der Waals surface area contributed by atoms with Crippen molar-refractivity contribution >= 4 is 23.2 Å². The molecule has 1 aliphatic carbocycles. The van der Waals surface area contributed by atoms with Gasteiger partial charge in [-0.2, -0.15) is 0 Å².